The van der Waals surface area contributed by atoms with Gasteiger partial charge in [-0.1, -0.05) is 12.1 Å². The molecule has 1 aromatic carbocycles. The normalized spacial score (nSPS) is 16.8. The van der Waals surface area contributed by atoms with Crippen LogP contribution >= 0.6 is 0 Å². The molecule has 0 atom stereocenters. The first kappa shape index (κ1) is 15.3. The van der Waals surface area contributed by atoms with Crippen molar-refractivity contribution in [2.24, 2.45) is 4.99 Å². The highest BCUT2D eigenvalue weighted by molar-refractivity contribution is 6.13. The van der Waals surface area contributed by atoms with Crippen molar-refractivity contribution in [1.82, 2.24) is 9.80 Å². The zero-order valence-corrected chi connectivity index (χ0v) is 13.0. The molecule has 0 aromatic heterocycles. The molecule has 5 heteroatoms. The van der Waals surface area contributed by atoms with Crippen LogP contribution in [0.2, 0.25) is 0 Å². The van der Waals surface area contributed by atoms with Gasteiger partial charge in [-0.2, -0.15) is 0 Å². The van der Waals surface area contributed by atoms with Gasteiger partial charge in [-0.25, -0.2) is 4.99 Å². The summed E-state index contributed by atoms with van der Waals surface area (Å²) in [5, 5.41) is 0. The van der Waals surface area contributed by atoms with Gasteiger partial charge >= 0.3 is 0 Å². The van der Waals surface area contributed by atoms with E-state index in [0.717, 1.165) is 23.7 Å². The average Bonchev–Trinajstić information content (AvgIpc) is 2.72. The van der Waals surface area contributed by atoms with E-state index in [0.29, 0.717) is 12.2 Å². The first-order valence-electron chi connectivity index (χ1n) is 6.89. The summed E-state index contributed by atoms with van der Waals surface area (Å²) in [4.78, 5) is 20.5. The maximum atomic E-state index is 12.4. The molecule has 21 heavy (non-hydrogen) atoms. The highest BCUT2D eigenvalue weighted by Crippen LogP contribution is 2.19. The van der Waals surface area contributed by atoms with Gasteiger partial charge < -0.3 is 9.64 Å². The van der Waals surface area contributed by atoms with E-state index in [-0.39, 0.29) is 5.91 Å². The maximum Gasteiger partial charge on any atom is 0.277 e. The topological polar surface area (TPSA) is 45.1 Å². The van der Waals surface area contributed by atoms with Crippen molar-refractivity contribution in [2.45, 2.75) is 6.92 Å². The molecule has 5 nitrogen and oxygen atoms in total. The van der Waals surface area contributed by atoms with Gasteiger partial charge in [0.05, 0.1) is 7.11 Å². The van der Waals surface area contributed by atoms with Gasteiger partial charge in [0.15, 0.2) is 0 Å². The Labute approximate surface area is 125 Å². The predicted octanol–water partition coefficient (Wildman–Crippen LogP) is 1.86. The largest absolute Gasteiger partial charge is 0.497 e. The summed E-state index contributed by atoms with van der Waals surface area (Å²) in [6.07, 6.45) is 1.81. The Balaban J connectivity index is 2.13. The standard InChI is InChI=1S/C16H21N3O2/c1-12-17-15(16(20)19(12)10-9-18(2)3)11-13-5-7-14(21-4)8-6-13/h5-8,11H,9-10H2,1-4H3/b15-11-. The molecule has 0 spiro atoms. The minimum atomic E-state index is -0.0369. The molecule has 112 valence electrons. The number of rotatable bonds is 5. The number of hydrogen-bond donors (Lipinski definition) is 0. The van der Waals surface area contributed by atoms with Crippen molar-refractivity contribution in [3.63, 3.8) is 0 Å². The summed E-state index contributed by atoms with van der Waals surface area (Å²) >= 11 is 0. The lowest BCUT2D eigenvalue weighted by atomic mass is 10.2. The highest BCUT2D eigenvalue weighted by Gasteiger charge is 2.26. The Morgan fingerprint density at radius 3 is 2.52 bits per heavy atom. The number of hydrogen-bond acceptors (Lipinski definition) is 4. The van der Waals surface area contributed by atoms with Crippen molar-refractivity contribution in [1.29, 1.82) is 0 Å². The second-order valence-electron chi connectivity index (χ2n) is 5.22. The Hall–Kier alpha value is -2.14. The Kier molecular flexibility index (Phi) is 4.75. The molecule has 0 radical (unpaired) electrons. The number of carbonyl (C=O) groups excluding carboxylic acids is 1. The first-order chi connectivity index (χ1) is 10.0. The van der Waals surface area contributed by atoms with Crippen LogP contribution in [-0.4, -0.2) is 55.8 Å². The Morgan fingerprint density at radius 2 is 1.95 bits per heavy atom. The lowest BCUT2D eigenvalue weighted by molar-refractivity contribution is -0.122. The number of aliphatic imine (C=N–C) groups is 1. The van der Waals surface area contributed by atoms with Gasteiger partial charge in [0.2, 0.25) is 0 Å². The van der Waals surface area contributed by atoms with Gasteiger partial charge in [-0.05, 0) is 44.8 Å². The van der Waals surface area contributed by atoms with Crippen LogP contribution in [0.25, 0.3) is 6.08 Å². The average molecular weight is 287 g/mol. The zero-order chi connectivity index (χ0) is 15.4. The van der Waals surface area contributed by atoms with E-state index in [1.54, 1.807) is 18.1 Å². The third-order valence-electron chi connectivity index (χ3n) is 3.33. The molecule has 0 N–H and O–H groups in total. The van der Waals surface area contributed by atoms with Gasteiger partial charge in [0.25, 0.3) is 5.91 Å². The Bertz CT molecular complexity index is 574. The van der Waals surface area contributed by atoms with Crippen LogP contribution in [0.15, 0.2) is 35.0 Å². The molecule has 1 aliphatic rings. The summed E-state index contributed by atoms with van der Waals surface area (Å²) in [5.41, 5.74) is 1.42. The van der Waals surface area contributed by atoms with Crippen LogP contribution in [0.3, 0.4) is 0 Å². The third kappa shape index (κ3) is 3.70. The van der Waals surface area contributed by atoms with E-state index in [9.17, 15) is 4.79 Å². The molecule has 2 rings (SSSR count). The zero-order valence-electron chi connectivity index (χ0n) is 13.0. The number of methoxy groups -OCH3 is 1. The fourth-order valence-corrected chi connectivity index (χ4v) is 2.08. The monoisotopic (exact) mass is 287 g/mol. The summed E-state index contributed by atoms with van der Waals surface area (Å²) in [7, 11) is 5.60. The molecule has 1 aliphatic heterocycles. The molecular weight excluding hydrogens is 266 g/mol. The lowest BCUT2D eigenvalue weighted by Gasteiger charge is -2.18. The fourth-order valence-electron chi connectivity index (χ4n) is 2.08. The first-order valence-corrected chi connectivity index (χ1v) is 6.89. The van der Waals surface area contributed by atoms with Gasteiger partial charge in [0, 0.05) is 13.1 Å². The molecule has 0 fully saturated rings. The van der Waals surface area contributed by atoms with Crippen LogP contribution in [-0.2, 0) is 4.79 Å². The predicted molar refractivity (Wildman–Crippen MR) is 84.3 cm³/mol. The van der Waals surface area contributed by atoms with Crippen LogP contribution in [0, 0.1) is 0 Å². The third-order valence-corrected chi connectivity index (χ3v) is 3.33. The van der Waals surface area contributed by atoms with E-state index in [2.05, 4.69) is 4.99 Å². The van der Waals surface area contributed by atoms with E-state index in [4.69, 9.17) is 4.74 Å². The molecule has 1 amide bonds. The van der Waals surface area contributed by atoms with Gasteiger partial charge in [-0.3, -0.25) is 9.69 Å². The summed E-state index contributed by atoms with van der Waals surface area (Å²) < 4.78 is 5.12. The van der Waals surface area contributed by atoms with E-state index in [1.165, 1.54) is 0 Å². The minimum absolute atomic E-state index is 0.0369. The molecule has 1 heterocycles. The minimum Gasteiger partial charge on any atom is -0.497 e. The second kappa shape index (κ2) is 6.54. The fraction of sp³-hybridized carbons (Fsp3) is 0.375. The molecular formula is C16H21N3O2. The number of benzene rings is 1. The van der Waals surface area contributed by atoms with Crippen molar-refractivity contribution in [2.75, 3.05) is 34.3 Å². The van der Waals surface area contributed by atoms with E-state index in [1.807, 2.05) is 50.2 Å². The second-order valence-corrected chi connectivity index (χ2v) is 5.22. The van der Waals surface area contributed by atoms with Crippen molar-refractivity contribution in [3.05, 3.63) is 35.5 Å². The number of nitrogens with zero attached hydrogens (tertiary/aromatic N) is 3. The van der Waals surface area contributed by atoms with E-state index >= 15 is 0 Å². The van der Waals surface area contributed by atoms with Crippen LogP contribution in [0.5, 0.6) is 5.75 Å². The highest BCUT2D eigenvalue weighted by atomic mass is 16.5. The lowest BCUT2D eigenvalue weighted by Crippen LogP contribution is -2.36. The number of likely N-dealkylation sites (N-methyl/N-ethyl adjacent to an activating group) is 1. The van der Waals surface area contributed by atoms with Crippen molar-refractivity contribution >= 4 is 17.8 Å². The number of amides is 1. The van der Waals surface area contributed by atoms with Crippen LogP contribution in [0.1, 0.15) is 12.5 Å². The number of ether oxygens (including phenoxy) is 1. The van der Waals surface area contributed by atoms with E-state index < -0.39 is 0 Å². The molecule has 0 unspecified atom stereocenters. The number of carbonyl (C=O) groups is 1. The maximum absolute atomic E-state index is 12.4. The quantitative estimate of drug-likeness (QED) is 0.777. The van der Waals surface area contributed by atoms with Gasteiger partial charge in [-0.15, -0.1) is 0 Å². The SMILES string of the molecule is COc1ccc(/C=C2\N=C(C)N(CCN(C)C)C2=O)cc1. The molecule has 0 bridgehead atoms. The summed E-state index contributed by atoms with van der Waals surface area (Å²) in [5.74, 6) is 1.51. The van der Waals surface area contributed by atoms with Gasteiger partial charge in [0.1, 0.15) is 17.3 Å². The smallest absolute Gasteiger partial charge is 0.277 e. The summed E-state index contributed by atoms with van der Waals surface area (Å²) in [6, 6.07) is 7.55. The van der Waals surface area contributed by atoms with Crippen LogP contribution < -0.4 is 4.74 Å². The molecule has 0 aliphatic carbocycles. The Morgan fingerprint density at radius 1 is 1.29 bits per heavy atom. The summed E-state index contributed by atoms with van der Waals surface area (Å²) in [6.45, 7) is 3.33. The van der Waals surface area contributed by atoms with Crippen molar-refractivity contribution < 1.29 is 9.53 Å². The van der Waals surface area contributed by atoms with Crippen molar-refractivity contribution in [3.8, 4) is 5.75 Å². The molecule has 0 saturated heterocycles. The van der Waals surface area contributed by atoms with Crippen LogP contribution in [0.4, 0.5) is 0 Å². The number of amidine groups is 1. The molecule has 1 aromatic rings. The molecule has 0 saturated carbocycles.